The molecule has 268 valence electrons. The molecule has 0 aromatic rings. The molecule has 6 nitrogen and oxygen atoms in total. The van der Waals surface area contributed by atoms with Gasteiger partial charge in [-0.15, -0.1) is 0 Å². The number of ether oxygens (including phenoxy) is 2. The van der Waals surface area contributed by atoms with Crippen molar-refractivity contribution in [3.63, 3.8) is 0 Å². The Balaban J connectivity index is 3.94. The Bertz CT molecular complexity index is 643. The van der Waals surface area contributed by atoms with Gasteiger partial charge in [-0.2, -0.15) is 0 Å². The molecule has 0 heterocycles. The molecule has 0 bridgehead atoms. The number of aliphatic hydroxyl groups excluding tert-OH is 1. The van der Waals surface area contributed by atoms with Gasteiger partial charge < -0.3 is 19.5 Å². The molecule has 6 heteroatoms. The highest BCUT2D eigenvalue weighted by molar-refractivity contribution is 5.69. The molecule has 0 aromatic carbocycles. The summed E-state index contributed by atoms with van der Waals surface area (Å²) in [5.41, 5.74) is 0. The second kappa shape index (κ2) is 34.2. The first-order valence-electron chi connectivity index (χ1n) is 19.7. The normalized spacial score (nSPS) is 12.8. The first kappa shape index (κ1) is 43.9. The van der Waals surface area contributed by atoms with Crippen molar-refractivity contribution in [2.75, 3.05) is 26.2 Å². The number of hydrogen-bond acceptors (Lipinski definition) is 6. The lowest BCUT2D eigenvalue weighted by Gasteiger charge is -2.21. The van der Waals surface area contributed by atoms with Crippen LogP contribution in [0.3, 0.4) is 0 Å². The van der Waals surface area contributed by atoms with E-state index in [2.05, 4.69) is 25.7 Å². The molecule has 0 radical (unpaired) electrons. The maximum atomic E-state index is 12.5. The summed E-state index contributed by atoms with van der Waals surface area (Å²) in [5.74, 6) is -0.0381. The van der Waals surface area contributed by atoms with Crippen LogP contribution in [0.1, 0.15) is 201 Å². The van der Waals surface area contributed by atoms with Crippen LogP contribution in [0.2, 0.25) is 0 Å². The van der Waals surface area contributed by atoms with Crippen LogP contribution in [0, 0.1) is 0 Å². The molecule has 0 aromatic heterocycles. The third-order valence-corrected chi connectivity index (χ3v) is 8.98. The molecule has 0 saturated carbocycles. The van der Waals surface area contributed by atoms with E-state index in [0.29, 0.717) is 12.8 Å². The molecule has 0 saturated heterocycles. The van der Waals surface area contributed by atoms with Gasteiger partial charge in [-0.3, -0.25) is 9.59 Å². The van der Waals surface area contributed by atoms with Gasteiger partial charge >= 0.3 is 11.9 Å². The molecule has 1 N–H and O–H groups in total. The fourth-order valence-electron chi connectivity index (χ4n) is 6.05. The molecule has 1 unspecified atom stereocenters. The number of carbonyl (C=O) groups is 2. The molecule has 2 atom stereocenters. The highest BCUT2D eigenvalue weighted by Gasteiger charge is 2.14. The quantitative estimate of drug-likeness (QED) is 0.0549. The number of rotatable bonds is 35. The Hall–Kier alpha value is -1.14. The van der Waals surface area contributed by atoms with Crippen LogP contribution >= 0.6 is 0 Å². The number of nitrogens with zero attached hydrogens (tertiary/aromatic N) is 1. The van der Waals surface area contributed by atoms with Crippen molar-refractivity contribution in [2.24, 2.45) is 0 Å². The highest BCUT2D eigenvalue weighted by Crippen LogP contribution is 2.18. The molecule has 0 aliphatic heterocycles. The summed E-state index contributed by atoms with van der Waals surface area (Å²) in [6, 6.07) is 0. The SMILES string of the molecule is CCCCCCCC(CCCCCC)OC(=O)CCCCCCCN(CCO)CCCCCCCC(=O)O[C@H](C)CCCCC. The summed E-state index contributed by atoms with van der Waals surface area (Å²) in [6.07, 6.45) is 29.9. The molecule has 0 fully saturated rings. The summed E-state index contributed by atoms with van der Waals surface area (Å²) in [5, 5.41) is 9.50. The second-order valence-electron chi connectivity index (χ2n) is 13.6. The van der Waals surface area contributed by atoms with Crippen molar-refractivity contribution in [3.05, 3.63) is 0 Å². The van der Waals surface area contributed by atoms with Crippen molar-refractivity contribution in [1.82, 2.24) is 4.90 Å². The van der Waals surface area contributed by atoms with Crippen molar-refractivity contribution >= 4 is 11.9 Å². The molecular weight excluding hydrogens is 562 g/mol. The Morgan fingerprint density at radius 3 is 1.44 bits per heavy atom. The van der Waals surface area contributed by atoms with Crippen molar-refractivity contribution < 1.29 is 24.2 Å². The van der Waals surface area contributed by atoms with Crippen molar-refractivity contribution in [2.45, 2.75) is 213 Å². The maximum absolute atomic E-state index is 12.5. The monoisotopic (exact) mass is 640 g/mol. The van der Waals surface area contributed by atoms with E-state index in [1.807, 2.05) is 6.92 Å². The van der Waals surface area contributed by atoms with E-state index in [1.54, 1.807) is 0 Å². The van der Waals surface area contributed by atoms with Gasteiger partial charge in [0.25, 0.3) is 0 Å². The molecule has 45 heavy (non-hydrogen) atoms. The average molecular weight is 640 g/mol. The van der Waals surface area contributed by atoms with Crippen LogP contribution in [0.25, 0.3) is 0 Å². The summed E-state index contributed by atoms with van der Waals surface area (Å²) >= 11 is 0. The zero-order valence-electron chi connectivity index (χ0n) is 30.6. The fraction of sp³-hybridized carbons (Fsp3) is 0.949. The Kier molecular flexibility index (Phi) is 33.3. The van der Waals surface area contributed by atoms with Gasteiger partial charge in [0.1, 0.15) is 6.10 Å². The van der Waals surface area contributed by atoms with Gasteiger partial charge in [-0.1, -0.05) is 117 Å². The molecule has 0 amide bonds. The maximum Gasteiger partial charge on any atom is 0.306 e. The summed E-state index contributed by atoms with van der Waals surface area (Å²) < 4.78 is 11.5. The topological polar surface area (TPSA) is 76.1 Å². The average Bonchev–Trinajstić information content (AvgIpc) is 3.01. The largest absolute Gasteiger partial charge is 0.463 e. The van der Waals surface area contributed by atoms with Gasteiger partial charge in [0, 0.05) is 19.4 Å². The molecule has 0 spiro atoms. The third kappa shape index (κ3) is 31.2. The van der Waals surface area contributed by atoms with Crippen LogP contribution in [0.5, 0.6) is 0 Å². The van der Waals surface area contributed by atoms with Crippen molar-refractivity contribution in [1.29, 1.82) is 0 Å². The number of unbranched alkanes of at least 4 members (excludes halogenated alkanes) is 17. The van der Waals surface area contributed by atoms with E-state index < -0.39 is 0 Å². The minimum absolute atomic E-state index is 0.00510. The molecular formula is C39H77NO5. The van der Waals surface area contributed by atoms with Gasteiger partial charge in [-0.05, 0) is 84.2 Å². The molecule has 0 aliphatic carbocycles. The second-order valence-corrected chi connectivity index (χ2v) is 13.6. The van der Waals surface area contributed by atoms with E-state index in [-0.39, 0.29) is 30.8 Å². The van der Waals surface area contributed by atoms with E-state index >= 15 is 0 Å². The predicted molar refractivity (Wildman–Crippen MR) is 191 cm³/mol. The minimum atomic E-state index is -0.0432. The Morgan fingerprint density at radius 1 is 0.511 bits per heavy atom. The van der Waals surface area contributed by atoms with Crippen LogP contribution in [-0.4, -0.2) is 60.4 Å². The summed E-state index contributed by atoms with van der Waals surface area (Å²) in [4.78, 5) is 27.0. The van der Waals surface area contributed by atoms with Gasteiger partial charge in [0.2, 0.25) is 0 Å². The zero-order valence-corrected chi connectivity index (χ0v) is 30.6. The summed E-state index contributed by atoms with van der Waals surface area (Å²) in [7, 11) is 0. The Morgan fingerprint density at radius 2 is 0.911 bits per heavy atom. The first-order chi connectivity index (χ1) is 22.0. The highest BCUT2D eigenvalue weighted by atomic mass is 16.5. The number of aliphatic hydroxyl groups is 1. The minimum Gasteiger partial charge on any atom is -0.463 e. The molecule has 0 rings (SSSR count). The number of esters is 2. The number of hydrogen-bond donors (Lipinski definition) is 1. The van der Waals surface area contributed by atoms with E-state index in [4.69, 9.17) is 9.47 Å². The first-order valence-corrected chi connectivity index (χ1v) is 19.7. The van der Waals surface area contributed by atoms with Crippen LogP contribution in [0.4, 0.5) is 0 Å². The lowest BCUT2D eigenvalue weighted by molar-refractivity contribution is -0.150. The van der Waals surface area contributed by atoms with Gasteiger partial charge in [0.05, 0.1) is 12.7 Å². The summed E-state index contributed by atoms with van der Waals surface area (Å²) in [6.45, 7) is 11.7. The van der Waals surface area contributed by atoms with Crippen molar-refractivity contribution in [3.8, 4) is 0 Å². The molecule has 0 aliphatic rings. The van der Waals surface area contributed by atoms with E-state index in [0.717, 1.165) is 96.7 Å². The third-order valence-electron chi connectivity index (χ3n) is 8.98. The van der Waals surface area contributed by atoms with Gasteiger partial charge in [-0.25, -0.2) is 0 Å². The standard InChI is InChI=1S/C39H77NO5/c1-5-8-11-15-22-29-37(28-21-12-9-6-2)45-39(43)31-24-17-14-19-26-33-40(34-35-41)32-25-18-13-16-23-30-38(42)44-36(4)27-20-10-7-3/h36-37,41H,5-35H2,1-4H3/t36-,37?/m1/s1. The van der Waals surface area contributed by atoms with Crippen LogP contribution in [0.15, 0.2) is 0 Å². The van der Waals surface area contributed by atoms with Gasteiger partial charge in [0.15, 0.2) is 0 Å². The lowest BCUT2D eigenvalue weighted by Crippen LogP contribution is -2.29. The fourth-order valence-corrected chi connectivity index (χ4v) is 6.05. The Labute approximate surface area is 280 Å². The predicted octanol–water partition coefficient (Wildman–Crippen LogP) is 10.7. The zero-order chi connectivity index (χ0) is 33.2. The van der Waals surface area contributed by atoms with Crippen LogP contribution in [-0.2, 0) is 19.1 Å². The van der Waals surface area contributed by atoms with E-state index in [1.165, 1.54) is 83.5 Å². The van der Waals surface area contributed by atoms with Crippen LogP contribution < -0.4 is 0 Å². The number of carbonyl (C=O) groups excluding carboxylic acids is 2. The smallest absolute Gasteiger partial charge is 0.306 e. The lowest BCUT2D eigenvalue weighted by atomic mass is 10.0. The van der Waals surface area contributed by atoms with E-state index in [9.17, 15) is 14.7 Å².